The predicted molar refractivity (Wildman–Crippen MR) is 119 cm³/mol. The molecule has 35 heavy (non-hydrogen) atoms. The molecule has 2 atom stereocenters. The number of amides is 1. The van der Waals surface area contributed by atoms with Gasteiger partial charge in [-0.3, -0.25) is 14.6 Å². The molecule has 0 bridgehead atoms. The van der Waals surface area contributed by atoms with Gasteiger partial charge in [-0.05, 0) is 25.5 Å². The number of nitrogens with zero attached hydrogens (tertiary/aromatic N) is 4. The number of rotatable bonds is 4. The highest BCUT2D eigenvalue weighted by molar-refractivity contribution is 5.97. The van der Waals surface area contributed by atoms with Gasteiger partial charge in [0.05, 0.1) is 12.8 Å². The number of ether oxygens (including phenoxy) is 1. The molecule has 4 heterocycles. The normalized spacial score (nSPS) is 23.2. The first-order valence-corrected chi connectivity index (χ1v) is 11.6. The second-order valence-corrected chi connectivity index (χ2v) is 9.21. The summed E-state index contributed by atoms with van der Waals surface area (Å²) in [5.74, 6) is -3.99. The standard InChI is InChI=1S/C24H25F5N4O2/c1-35-16-10-17(25)21(18(26)11-16)14-9-20(34)33(12-14)23-22(24(27,28)29)19(4-5-30-23)32-8-7-31-6-2-3-15(31)13-32/h4-5,10-11,14-15H,2-3,6-9,12-13H2,1H3/t14-,15?/m0/s1. The van der Waals surface area contributed by atoms with Crippen molar-refractivity contribution in [2.45, 2.75) is 37.4 Å². The second kappa shape index (κ2) is 8.92. The van der Waals surface area contributed by atoms with E-state index in [2.05, 4.69) is 9.88 Å². The molecule has 2 aromatic rings. The van der Waals surface area contributed by atoms with E-state index in [0.717, 1.165) is 36.4 Å². The molecule has 6 nitrogen and oxygen atoms in total. The molecule has 0 spiro atoms. The number of anilines is 2. The van der Waals surface area contributed by atoms with Crippen molar-refractivity contribution in [1.82, 2.24) is 9.88 Å². The lowest BCUT2D eigenvalue weighted by molar-refractivity contribution is -0.136. The molecule has 3 aliphatic heterocycles. The van der Waals surface area contributed by atoms with Gasteiger partial charge in [-0.2, -0.15) is 13.2 Å². The Morgan fingerprint density at radius 1 is 1.09 bits per heavy atom. The van der Waals surface area contributed by atoms with Crippen molar-refractivity contribution < 1.29 is 31.5 Å². The van der Waals surface area contributed by atoms with Crippen LogP contribution in [0.2, 0.25) is 0 Å². The summed E-state index contributed by atoms with van der Waals surface area (Å²) in [5, 5.41) is 0. The average molecular weight is 496 g/mol. The minimum atomic E-state index is -4.78. The van der Waals surface area contributed by atoms with E-state index in [0.29, 0.717) is 19.6 Å². The molecule has 3 fully saturated rings. The number of pyridine rings is 1. The molecule has 1 aromatic heterocycles. The molecule has 3 saturated heterocycles. The number of piperazine rings is 1. The minimum Gasteiger partial charge on any atom is -0.497 e. The van der Waals surface area contributed by atoms with Crippen LogP contribution in [0.25, 0.3) is 0 Å². The van der Waals surface area contributed by atoms with Gasteiger partial charge in [0.2, 0.25) is 5.91 Å². The highest BCUT2D eigenvalue weighted by atomic mass is 19.4. The van der Waals surface area contributed by atoms with Crippen LogP contribution in [0.4, 0.5) is 33.5 Å². The van der Waals surface area contributed by atoms with Crippen molar-refractivity contribution in [3.63, 3.8) is 0 Å². The van der Waals surface area contributed by atoms with Crippen molar-refractivity contribution in [2.75, 3.05) is 49.6 Å². The van der Waals surface area contributed by atoms with Crippen LogP contribution in [0.3, 0.4) is 0 Å². The first-order chi connectivity index (χ1) is 16.7. The van der Waals surface area contributed by atoms with Gasteiger partial charge in [0, 0.05) is 68.5 Å². The fourth-order valence-corrected chi connectivity index (χ4v) is 5.57. The Hall–Kier alpha value is -2.95. The number of hydrogen-bond donors (Lipinski definition) is 0. The summed E-state index contributed by atoms with van der Waals surface area (Å²) < 4.78 is 77.3. The highest BCUT2D eigenvalue weighted by Gasteiger charge is 2.45. The second-order valence-electron chi connectivity index (χ2n) is 9.21. The molecule has 5 rings (SSSR count). The summed E-state index contributed by atoms with van der Waals surface area (Å²) >= 11 is 0. The maximum absolute atomic E-state index is 14.6. The Labute approximate surface area is 199 Å². The summed E-state index contributed by atoms with van der Waals surface area (Å²) in [7, 11) is 1.26. The SMILES string of the molecule is COc1cc(F)c([C@H]2CC(=O)N(c3nccc(N4CCN5CCCC5C4)c3C(F)(F)F)C2)c(F)c1. The Balaban J connectivity index is 1.49. The molecule has 0 radical (unpaired) electrons. The van der Waals surface area contributed by atoms with Gasteiger partial charge in [-0.15, -0.1) is 0 Å². The minimum absolute atomic E-state index is 0.0212. The number of benzene rings is 1. The lowest BCUT2D eigenvalue weighted by Gasteiger charge is -2.40. The third-order valence-corrected chi connectivity index (χ3v) is 7.20. The number of methoxy groups -OCH3 is 1. The first-order valence-electron chi connectivity index (χ1n) is 11.6. The highest BCUT2D eigenvalue weighted by Crippen LogP contribution is 2.45. The van der Waals surface area contributed by atoms with E-state index >= 15 is 0 Å². The third-order valence-electron chi connectivity index (χ3n) is 7.20. The van der Waals surface area contributed by atoms with Crippen molar-refractivity contribution in [3.8, 4) is 5.75 Å². The van der Waals surface area contributed by atoms with Crippen molar-refractivity contribution >= 4 is 17.4 Å². The zero-order chi connectivity index (χ0) is 24.9. The van der Waals surface area contributed by atoms with E-state index in [9.17, 15) is 26.7 Å². The van der Waals surface area contributed by atoms with Crippen LogP contribution in [-0.4, -0.2) is 61.7 Å². The summed E-state index contributed by atoms with van der Waals surface area (Å²) in [4.78, 5) is 21.7. The number of carbonyl (C=O) groups is 1. The van der Waals surface area contributed by atoms with Gasteiger partial charge in [0.1, 0.15) is 28.8 Å². The van der Waals surface area contributed by atoms with Gasteiger partial charge in [-0.1, -0.05) is 0 Å². The molecular weight excluding hydrogens is 471 g/mol. The number of fused-ring (bicyclic) bond motifs is 1. The molecule has 188 valence electrons. The van der Waals surface area contributed by atoms with Crippen molar-refractivity contribution in [2.24, 2.45) is 0 Å². The summed E-state index contributed by atoms with van der Waals surface area (Å²) in [6.07, 6.45) is -1.89. The zero-order valence-electron chi connectivity index (χ0n) is 19.1. The van der Waals surface area contributed by atoms with Gasteiger partial charge >= 0.3 is 6.18 Å². The van der Waals surface area contributed by atoms with Gasteiger partial charge < -0.3 is 9.64 Å². The summed E-state index contributed by atoms with van der Waals surface area (Å²) in [6.45, 7) is 2.21. The fourth-order valence-electron chi connectivity index (χ4n) is 5.57. The van der Waals surface area contributed by atoms with Crippen molar-refractivity contribution in [1.29, 1.82) is 0 Å². The average Bonchev–Trinajstić information content (AvgIpc) is 3.43. The molecule has 0 aliphatic carbocycles. The molecule has 11 heteroatoms. The van der Waals surface area contributed by atoms with E-state index in [1.165, 1.54) is 19.4 Å². The molecule has 0 saturated carbocycles. The van der Waals surface area contributed by atoms with Gasteiger partial charge in [0.15, 0.2) is 0 Å². The zero-order valence-corrected chi connectivity index (χ0v) is 19.1. The molecule has 3 aliphatic rings. The van der Waals surface area contributed by atoms with E-state index in [-0.39, 0.29) is 36.0 Å². The fraction of sp³-hybridized carbons (Fsp3) is 0.500. The smallest absolute Gasteiger partial charge is 0.421 e. The Morgan fingerprint density at radius 2 is 1.83 bits per heavy atom. The van der Waals surface area contributed by atoms with Crippen LogP contribution in [0.15, 0.2) is 24.4 Å². The Bertz CT molecular complexity index is 1120. The van der Waals surface area contributed by atoms with Crippen LogP contribution in [0.1, 0.15) is 36.3 Å². The monoisotopic (exact) mass is 496 g/mol. The number of hydrogen-bond acceptors (Lipinski definition) is 5. The largest absolute Gasteiger partial charge is 0.497 e. The van der Waals surface area contributed by atoms with E-state index < -0.39 is 41.0 Å². The summed E-state index contributed by atoms with van der Waals surface area (Å²) in [6, 6.07) is 3.51. The number of carbonyl (C=O) groups excluding carboxylic acids is 1. The molecule has 0 N–H and O–H groups in total. The van der Waals surface area contributed by atoms with Crippen LogP contribution in [0, 0.1) is 11.6 Å². The molecular formula is C24H25F5N4O2. The molecule has 1 aromatic carbocycles. The quantitative estimate of drug-likeness (QED) is 0.595. The van der Waals surface area contributed by atoms with Gasteiger partial charge in [-0.25, -0.2) is 13.8 Å². The van der Waals surface area contributed by atoms with Crippen LogP contribution in [-0.2, 0) is 11.0 Å². The van der Waals surface area contributed by atoms with Crippen molar-refractivity contribution in [3.05, 3.63) is 47.2 Å². The molecule has 1 amide bonds. The summed E-state index contributed by atoms with van der Waals surface area (Å²) in [5.41, 5.74) is -1.35. The Kier molecular flexibility index (Phi) is 6.06. The van der Waals surface area contributed by atoms with Crippen LogP contribution >= 0.6 is 0 Å². The van der Waals surface area contributed by atoms with E-state index in [1.54, 1.807) is 4.90 Å². The number of halogens is 5. The predicted octanol–water partition coefficient (Wildman–Crippen LogP) is 4.19. The Morgan fingerprint density at radius 3 is 2.51 bits per heavy atom. The van der Waals surface area contributed by atoms with E-state index in [4.69, 9.17) is 4.74 Å². The third kappa shape index (κ3) is 4.30. The lowest BCUT2D eigenvalue weighted by atomic mass is 9.97. The van der Waals surface area contributed by atoms with Crippen LogP contribution < -0.4 is 14.5 Å². The maximum Gasteiger partial charge on any atom is 0.421 e. The maximum atomic E-state index is 14.6. The lowest BCUT2D eigenvalue weighted by Crippen LogP contribution is -2.50. The number of alkyl halides is 3. The van der Waals surface area contributed by atoms with E-state index in [1.807, 2.05) is 0 Å². The number of aromatic nitrogens is 1. The topological polar surface area (TPSA) is 48.9 Å². The molecule has 1 unspecified atom stereocenters. The van der Waals surface area contributed by atoms with Gasteiger partial charge in [0.25, 0.3) is 0 Å². The van der Waals surface area contributed by atoms with Crippen LogP contribution in [0.5, 0.6) is 5.75 Å². The first kappa shape index (κ1) is 23.8.